The number of anilines is 1. The molecular weight excluding hydrogens is 169 g/mol. The molecule has 0 amide bonds. The molecule has 13 heavy (non-hydrogen) atoms. The molecule has 0 bridgehead atoms. The van der Waals surface area contributed by atoms with Gasteiger partial charge < -0.3 is 5.73 Å². The van der Waals surface area contributed by atoms with Gasteiger partial charge in [-0.3, -0.25) is 0 Å². The van der Waals surface area contributed by atoms with Gasteiger partial charge in [-0.15, -0.1) is 0 Å². The minimum Gasteiger partial charge on any atom is -0.382 e. The Morgan fingerprint density at radius 1 is 1.31 bits per heavy atom. The summed E-state index contributed by atoms with van der Waals surface area (Å²) in [5.74, 6) is 0.135. The number of benzene rings is 1. The van der Waals surface area contributed by atoms with E-state index in [0.717, 1.165) is 0 Å². The zero-order valence-electron chi connectivity index (χ0n) is 6.81. The molecule has 0 aliphatic rings. The van der Waals surface area contributed by atoms with E-state index in [-0.39, 0.29) is 5.82 Å². The third-order valence-electron chi connectivity index (χ3n) is 1.68. The molecule has 0 unspecified atom stereocenters. The molecule has 0 aliphatic heterocycles. The first-order valence-electron chi connectivity index (χ1n) is 3.83. The fourth-order valence-corrected chi connectivity index (χ4v) is 1.10. The highest BCUT2D eigenvalue weighted by Gasteiger charge is 1.98. The molecule has 0 saturated carbocycles. The van der Waals surface area contributed by atoms with Crippen molar-refractivity contribution in [2.75, 3.05) is 5.73 Å². The SMILES string of the molecule is Nc1ccn(-c2cccc(F)c2)n1. The van der Waals surface area contributed by atoms with Gasteiger partial charge in [0.05, 0.1) is 5.69 Å². The minimum absolute atomic E-state index is 0.286. The Balaban J connectivity index is 2.46. The van der Waals surface area contributed by atoms with Crippen LogP contribution in [0.25, 0.3) is 5.69 Å². The maximum atomic E-state index is 12.8. The van der Waals surface area contributed by atoms with E-state index >= 15 is 0 Å². The van der Waals surface area contributed by atoms with Crippen molar-refractivity contribution in [3.63, 3.8) is 0 Å². The topological polar surface area (TPSA) is 43.8 Å². The summed E-state index contributed by atoms with van der Waals surface area (Å²) in [5, 5.41) is 3.95. The average Bonchev–Trinajstić information content (AvgIpc) is 2.52. The molecule has 1 aromatic heterocycles. The Labute approximate surface area is 74.6 Å². The molecule has 2 aromatic rings. The van der Waals surface area contributed by atoms with Gasteiger partial charge in [0, 0.05) is 12.3 Å². The summed E-state index contributed by atoms with van der Waals surface area (Å²) in [7, 11) is 0. The van der Waals surface area contributed by atoms with E-state index in [9.17, 15) is 4.39 Å². The van der Waals surface area contributed by atoms with Gasteiger partial charge in [-0.1, -0.05) is 6.07 Å². The van der Waals surface area contributed by atoms with Gasteiger partial charge in [0.2, 0.25) is 0 Å². The van der Waals surface area contributed by atoms with E-state index in [1.165, 1.54) is 16.8 Å². The predicted molar refractivity (Wildman–Crippen MR) is 47.9 cm³/mol. The largest absolute Gasteiger partial charge is 0.382 e. The minimum atomic E-state index is -0.286. The molecule has 1 aromatic carbocycles. The third kappa shape index (κ3) is 1.51. The first-order valence-corrected chi connectivity index (χ1v) is 3.83. The van der Waals surface area contributed by atoms with Crippen molar-refractivity contribution >= 4 is 5.82 Å². The van der Waals surface area contributed by atoms with Crippen molar-refractivity contribution in [2.24, 2.45) is 0 Å². The van der Waals surface area contributed by atoms with E-state index < -0.39 is 0 Å². The summed E-state index contributed by atoms with van der Waals surface area (Å²) in [4.78, 5) is 0. The van der Waals surface area contributed by atoms with Gasteiger partial charge >= 0.3 is 0 Å². The van der Waals surface area contributed by atoms with Gasteiger partial charge in [-0.05, 0) is 18.2 Å². The van der Waals surface area contributed by atoms with E-state index in [1.807, 2.05) is 0 Å². The van der Waals surface area contributed by atoms with Crippen molar-refractivity contribution in [1.82, 2.24) is 9.78 Å². The first kappa shape index (κ1) is 7.79. The molecule has 0 spiro atoms. The van der Waals surface area contributed by atoms with Crippen LogP contribution in [0, 0.1) is 5.82 Å². The van der Waals surface area contributed by atoms with Crippen LogP contribution in [0.3, 0.4) is 0 Å². The number of hydrogen-bond donors (Lipinski definition) is 1. The lowest BCUT2D eigenvalue weighted by atomic mass is 10.3. The lowest BCUT2D eigenvalue weighted by Gasteiger charge is -1.99. The molecule has 0 fully saturated rings. The van der Waals surface area contributed by atoms with Crippen LogP contribution in [0.15, 0.2) is 36.5 Å². The summed E-state index contributed by atoms with van der Waals surface area (Å²) in [6.45, 7) is 0. The second-order valence-electron chi connectivity index (χ2n) is 2.67. The summed E-state index contributed by atoms with van der Waals surface area (Å²) >= 11 is 0. The van der Waals surface area contributed by atoms with E-state index in [1.54, 1.807) is 24.4 Å². The summed E-state index contributed by atoms with van der Waals surface area (Å²) in [6.07, 6.45) is 1.68. The molecule has 0 atom stereocenters. The van der Waals surface area contributed by atoms with Crippen LogP contribution >= 0.6 is 0 Å². The second-order valence-corrected chi connectivity index (χ2v) is 2.67. The van der Waals surface area contributed by atoms with Crippen LogP contribution in [0.2, 0.25) is 0 Å². The molecule has 2 N–H and O–H groups in total. The normalized spacial score (nSPS) is 10.2. The van der Waals surface area contributed by atoms with E-state index in [0.29, 0.717) is 11.5 Å². The Hall–Kier alpha value is -1.84. The van der Waals surface area contributed by atoms with Crippen LogP contribution in [0.4, 0.5) is 10.2 Å². The predicted octanol–water partition coefficient (Wildman–Crippen LogP) is 1.59. The number of hydrogen-bond acceptors (Lipinski definition) is 2. The second kappa shape index (κ2) is 2.90. The summed E-state index contributed by atoms with van der Waals surface area (Å²) in [5.41, 5.74) is 6.09. The molecule has 3 nitrogen and oxygen atoms in total. The van der Waals surface area contributed by atoms with Gasteiger partial charge in [-0.25, -0.2) is 9.07 Å². The number of nitrogen functional groups attached to an aromatic ring is 1. The molecule has 4 heteroatoms. The van der Waals surface area contributed by atoms with E-state index in [4.69, 9.17) is 5.73 Å². The Morgan fingerprint density at radius 3 is 2.77 bits per heavy atom. The molecule has 0 saturated heterocycles. The number of nitrogens with zero attached hydrogens (tertiary/aromatic N) is 2. The van der Waals surface area contributed by atoms with Crippen LogP contribution in [-0.2, 0) is 0 Å². The van der Waals surface area contributed by atoms with Crippen LogP contribution in [0.1, 0.15) is 0 Å². The summed E-state index contributed by atoms with van der Waals surface area (Å²) < 4.78 is 14.3. The van der Waals surface area contributed by atoms with Crippen LogP contribution in [0.5, 0.6) is 0 Å². The van der Waals surface area contributed by atoms with Crippen molar-refractivity contribution < 1.29 is 4.39 Å². The van der Waals surface area contributed by atoms with Gasteiger partial charge in [-0.2, -0.15) is 5.10 Å². The van der Waals surface area contributed by atoms with Gasteiger partial charge in [0.25, 0.3) is 0 Å². The Bertz CT molecular complexity index is 422. The van der Waals surface area contributed by atoms with E-state index in [2.05, 4.69) is 5.10 Å². The average molecular weight is 177 g/mol. The molecule has 0 aliphatic carbocycles. The molecule has 2 rings (SSSR count). The quantitative estimate of drug-likeness (QED) is 0.718. The van der Waals surface area contributed by atoms with Crippen LogP contribution < -0.4 is 5.73 Å². The molecule has 1 heterocycles. The van der Waals surface area contributed by atoms with Crippen LogP contribution in [-0.4, -0.2) is 9.78 Å². The fourth-order valence-electron chi connectivity index (χ4n) is 1.10. The van der Waals surface area contributed by atoms with Crippen molar-refractivity contribution in [3.05, 3.63) is 42.3 Å². The molecule has 66 valence electrons. The number of aromatic nitrogens is 2. The first-order chi connectivity index (χ1) is 6.25. The summed E-state index contributed by atoms with van der Waals surface area (Å²) in [6, 6.07) is 7.83. The fraction of sp³-hybridized carbons (Fsp3) is 0. The zero-order chi connectivity index (χ0) is 9.26. The van der Waals surface area contributed by atoms with Crippen molar-refractivity contribution in [1.29, 1.82) is 0 Å². The highest BCUT2D eigenvalue weighted by molar-refractivity contribution is 5.34. The Morgan fingerprint density at radius 2 is 2.15 bits per heavy atom. The zero-order valence-corrected chi connectivity index (χ0v) is 6.81. The van der Waals surface area contributed by atoms with Crippen molar-refractivity contribution in [3.8, 4) is 5.69 Å². The monoisotopic (exact) mass is 177 g/mol. The molecular formula is C9H8FN3. The maximum Gasteiger partial charge on any atom is 0.145 e. The number of rotatable bonds is 1. The lowest BCUT2D eigenvalue weighted by Crippen LogP contribution is -1.96. The van der Waals surface area contributed by atoms with Crippen molar-refractivity contribution in [2.45, 2.75) is 0 Å². The lowest BCUT2D eigenvalue weighted by molar-refractivity contribution is 0.625. The van der Waals surface area contributed by atoms with Gasteiger partial charge in [0.15, 0.2) is 0 Å². The highest BCUT2D eigenvalue weighted by Crippen LogP contribution is 2.09. The van der Waals surface area contributed by atoms with Gasteiger partial charge in [0.1, 0.15) is 11.6 Å². The molecule has 0 radical (unpaired) electrons. The highest BCUT2D eigenvalue weighted by atomic mass is 19.1. The number of nitrogens with two attached hydrogens (primary N) is 1. The number of halogens is 1. The smallest absolute Gasteiger partial charge is 0.145 e. The maximum absolute atomic E-state index is 12.8. The standard InChI is InChI=1S/C9H8FN3/c10-7-2-1-3-8(6-7)13-5-4-9(11)12-13/h1-6H,(H2,11,12). The Kier molecular flexibility index (Phi) is 1.73. The third-order valence-corrected chi connectivity index (χ3v) is 1.68.